The van der Waals surface area contributed by atoms with Crippen LogP contribution in [0.25, 0.3) is 43.8 Å². The Morgan fingerprint density at radius 1 is 0.649 bits per heavy atom. The summed E-state index contributed by atoms with van der Waals surface area (Å²) in [6.45, 7) is 16.1. The van der Waals surface area contributed by atoms with Crippen LogP contribution in [0.5, 0.6) is 5.75 Å². The molecule has 5 aromatic carbocycles. The molecule has 186 valence electrons. The quantitative estimate of drug-likeness (QED) is 0.172. The minimum Gasteiger partial charge on any atom is -0.485 e. The van der Waals surface area contributed by atoms with E-state index in [0.29, 0.717) is 0 Å². The second-order valence-electron chi connectivity index (χ2n) is 11.5. The zero-order chi connectivity index (χ0) is 26.1. The summed E-state index contributed by atoms with van der Waals surface area (Å²) < 4.78 is 6.50. The first-order valence-electron chi connectivity index (χ1n) is 13.3. The summed E-state index contributed by atoms with van der Waals surface area (Å²) in [4.78, 5) is 0. The van der Waals surface area contributed by atoms with Crippen LogP contribution in [-0.2, 0) is 0 Å². The van der Waals surface area contributed by atoms with Crippen molar-refractivity contribution in [2.45, 2.75) is 59.5 Å². The van der Waals surface area contributed by atoms with Gasteiger partial charge in [-0.25, -0.2) is 0 Å². The van der Waals surface area contributed by atoms with Gasteiger partial charge in [0.2, 0.25) is 0 Å². The molecule has 0 unspecified atom stereocenters. The maximum absolute atomic E-state index is 6.50. The topological polar surface area (TPSA) is 9.23 Å². The van der Waals surface area contributed by atoms with E-state index in [1.807, 2.05) is 0 Å². The zero-order valence-corrected chi connectivity index (χ0v) is 23.8. The number of aryl methyl sites for hydroxylation is 3. The van der Waals surface area contributed by atoms with E-state index in [2.05, 4.69) is 127 Å². The molecule has 0 spiro atoms. The van der Waals surface area contributed by atoms with Gasteiger partial charge in [-0.2, -0.15) is 0 Å². The lowest BCUT2D eigenvalue weighted by Gasteiger charge is -2.31. The molecule has 0 bridgehead atoms. The molecule has 0 amide bonds. The summed E-state index contributed by atoms with van der Waals surface area (Å²) in [5, 5.41) is 6.83. The Morgan fingerprint density at radius 3 is 1.68 bits per heavy atom. The summed E-state index contributed by atoms with van der Waals surface area (Å²) in [5.74, 6) is 1.27. The van der Waals surface area contributed by atoms with Crippen LogP contribution >= 0.6 is 7.92 Å². The van der Waals surface area contributed by atoms with E-state index in [0.717, 1.165) is 5.75 Å². The van der Waals surface area contributed by atoms with Crippen LogP contribution in [0.2, 0.25) is 0 Å². The number of ether oxygens (including phenoxy) is 1. The van der Waals surface area contributed by atoms with E-state index in [-0.39, 0.29) is 11.0 Å². The predicted octanol–water partition coefficient (Wildman–Crippen LogP) is 9.90. The first kappa shape index (κ1) is 24.2. The van der Waals surface area contributed by atoms with Crippen molar-refractivity contribution in [3.8, 4) is 28.0 Å². The van der Waals surface area contributed by atoms with Crippen LogP contribution in [0.15, 0.2) is 78.9 Å². The Hall–Kier alpha value is -3.15. The monoisotopic (exact) mass is 502 g/mol. The van der Waals surface area contributed by atoms with Gasteiger partial charge in [0.05, 0.1) is 0 Å². The lowest BCUT2D eigenvalue weighted by molar-refractivity contribution is 0.313. The first-order chi connectivity index (χ1) is 17.7. The van der Waals surface area contributed by atoms with Gasteiger partial charge in [-0.15, -0.1) is 0 Å². The normalized spacial score (nSPS) is 17.3. The first-order valence-corrected chi connectivity index (χ1v) is 14.7. The summed E-state index contributed by atoms with van der Waals surface area (Å²) >= 11 is 0. The van der Waals surface area contributed by atoms with Crippen LogP contribution in [0.1, 0.15) is 44.4 Å². The van der Waals surface area contributed by atoms with Gasteiger partial charge in [0, 0.05) is 5.30 Å². The average molecular weight is 503 g/mol. The molecule has 0 aromatic heterocycles. The standard InChI is InChI=1S/C35H35OP/c1-21-19-22(2)31(23(3)20-21)33-27-15-10-8-13-25(27)32(26-14-9-11-16-28(26)33)29-17-12-18-30-34(29)37(24(4)36-30)35(5,6)7/h8-20,24H,1-7H3/t24-,37+/m1/s1. The molecule has 1 aliphatic rings. The van der Waals surface area contributed by atoms with E-state index in [1.165, 1.54) is 65.8 Å². The van der Waals surface area contributed by atoms with Crippen molar-refractivity contribution >= 4 is 34.8 Å². The van der Waals surface area contributed by atoms with Crippen LogP contribution in [-0.4, -0.2) is 11.0 Å². The molecule has 1 aliphatic heterocycles. The average Bonchev–Trinajstić information content (AvgIpc) is 3.19. The fourth-order valence-electron chi connectivity index (χ4n) is 6.63. The van der Waals surface area contributed by atoms with Crippen LogP contribution in [0.3, 0.4) is 0 Å². The second kappa shape index (κ2) is 8.71. The number of hydrogen-bond acceptors (Lipinski definition) is 1. The molecule has 2 heteroatoms. The Kier molecular flexibility index (Phi) is 5.70. The summed E-state index contributed by atoms with van der Waals surface area (Å²) in [5.41, 5.74) is 9.35. The second-order valence-corrected chi connectivity index (χ2v) is 14.8. The molecule has 0 saturated heterocycles. The van der Waals surface area contributed by atoms with E-state index >= 15 is 0 Å². The highest BCUT2D eigenvalue weighted by Gasteiger charge is 2.41. The van der Waals surface area contributed by atoms with Crippen molar-refractivity contribution in [2.24, 2.45) is 0 Å². The molecule has 2 atom stereocenters. The summed E-state index contributed by atoms with van der Waals surface area (Å²) in [7, 11) is -0.506. The lowest BCUT2D eigenvalue weighted by atomic mass is 9.83. The molecule has 6 rings (SSSR count). The van der Waals surface area contributed by atoms with Crippen LogP contribution in [0, 0.1) is 20.8 Å². The Morgan fingerprint density at radius 2 is 1.16 bits per heavy atom. The van der Waals surface area contributed by atoms with Gasteiger partial charge < -0.3 is 4.74 Å². The van der Waals surface area contributed by atoms with Gasteiger partial charge in [-0.3, -0.25) is 0 Å². The highest BCUT2D eigenvalue weighted by molar-refractivity contribution is 7.68. The molecule has 0 N–H and O–H groups in total. The highest BCUT2D eigenvalue weighted by Crippen LogP contribution is 2.60. The molecule has 5 aromatic rings. The Balaban J connectivity index is 1.78. The van der Waals surface area contributed by atoms with Crippen molar-refractivity contribution in [3.63, 3.8) is 0 Å². The number of benzene rings is 5. The fraction of sp³-hybridized carbons (Fsp3) is 0.257. The van der Waals surface area contributed by atoms with E-state index in [1.54, 1.807) is 0 Å². The predicted molar refractivity (Wildman–Crippen MR) is 163 cm³/mol. The van der Waals surface area contributed by atoms with Gasteiger partial charge in [0.25, 0.3) is 0 Å². The molecular weight excluding hydrogens is 467 g/mol. The van der Waals surface area contributed by atoms with Gasteiger partial charge in [0.15, 0.2) is 0 Å². The smallest absolute Gasteiger partial charge is 0.128 e. The number of hydrogen-bond donors (Lipinski definition) is 0. The SMILES string of the molecule is Cc1cc(C)c(-c2c3ccccc3c(-c3cccc4c3[P@@](C(C)(C)C)[C@H](C)O4)c3ccccc23)c(C)c1. The van der Waals surface area contributed by atoms with E-state index in [9.17, 15) is 0 Å². The highest BCUT2D eigenvalue weighted by atomic mass is 31.1. The maximum Gasteiger partial charge on any atom is 0.128 e. The van der Waals surface area contributed by atoms with Gasteiger partial charge in [-0.05, 0) is 102 Å². The van der Waals surface area contributed by atoms with Gasteiger partial charge in [-0.1, -0.05) is 99.1 Å². The van der Waals surface area contributed by atoms with Crippen LogP contribution in [0.4, 0.5) is 0 Å². The van der Waals surface area contributed by atoms with Crippen molar-refractivity contribution in [2.75, 3.05) is 0 Å². The van der Waals surface area contributed by atoms with E-state index in [4.69, 9.17) is 4.74 Å². The number of fused-ring (bicyclic) bond motifs is 3. The Bertz CT molecular complexity index is 1610. The third-order valence-electron chi connectivity index (χ3n) is 7.75. The van der Waals surface area contributed by atoms with Crippen molar-refractivity contribution < 1.29 is 4.74 Å². The lowest BCUT2D eigenvalue weighted by Crippen LogP contribution is -2.22. The third-order valence-corrected chi connectivity index (χ3v) is 11.0. The molecule has 0 fully saturated rings. The van der Waals surface area contributed by atoms with Gasteiger partial charge in [0.1, 0.15) is 11.6 Å². The molecule has 37 heavy (non-hydrogen) atoms. The van der Waals surface area contributed by atoms with Crippen molar-refractivity contribution in [3.05, 3.63) is 95.6 Å². The maximum atomic E-state index is 6.50. The van der Waals surface area contributed by atoms with Crippen molar-refractivity contribution in [1.29, 1.82) is 0 Å². The molecule has 1 heterocycles. The van der Waals surface area contributed by atoms with Crippen LogP contribution < -0.4 is 10.0 Å². The van der Waals surface area contributed by atoms with E-state index < -0.39 is 7.92 Å². The van der Waals surface area contributed by atoms with Crippen molar-refractivity contribution in [1.82, 2.24) is 0 Å². The molecule has 0 saturated carbocycles. The molecule has 0 aliphatic carbocycles. The summed E-state index contributed by atoms with van der Waals surface area (Å²) in [6, 6.07) is 29.3. The number of rotatable bonds is 2. The third kappa shape index (κ3) is 3.79. The fourth-order valence-corrected chi connectivity index (χ4v) is 9.78. The largest absolute Gasteiger partial charge is 0.485 e. The Labute approximate surface area is 222 Å². The zero-order valence-electron chi connectivity index (χ0n) is 22.9. The summed E-state index contributed by atoms with van der Waals surface area (Å²) in [6.07, 6.45) is 0. The molecular formula is C35H35OP. The minimum absolute atomic E-state index is 0.151. The molecule has 0 radical (unpaired) electrons. The molecule has 1 nitrogen and oxygen atoms in total. The minimum atomic E-state index is -0.506. The van der Waals surface area contributed by atoms with Gasteiger partial charge >= 0.3 is 0 Å².